The first-order valence-corrected chi connectivity index (χ1v) is 10.2. The lowest BCUT2D eigenvalue weighted by Gasteiger charge is -2.31. The van der Waals surface area contributed by atoms with Gasteiger partial charge >= 0.3 is 0 Å². The van der Waals surface area contributed by atoms with Crippen LogP contribution in [0.3, 0.4) is 0 Å². The minimum Gasteiger partial charge on any atom is -0.497 e. The maximum absolute atomic E-state index is 12.6. The summed E-state index contributed by atoms with van der Waals surface area (Å²) in [5, 5.41) is 1.05. The highest BCUT2D eigenvalue weighted by molar-refractivity contribution is 5.99. The Morgan fingerprint density at radius 1 is 1.11 bits per heavy atom. The van der Waals surface area contributed by atoms with Gasteiger partial charge < -0.3 is 9.72 Å². The standard InChI is InChI=1S/C24H28N2O2/c1-28-21-9-8-20-15-23(25-22(20)16-21)24(27)10-7-18-11-13-26(14-12-18)17-19-5-3-2-4-6-19/h2-6,8-9,15-16,18,25H,7,10-14,17H2,1H3. The van der Waals surface area contributed by atoms with Crippen molar-refractivity contribution in [2.75, 3.05) is 20.2 Å². The summed E-state index contributed by atoms with van der Waals surface area (Å²) < 4.78 is 5.26. The van der Waals surface area contributed by atoms with Crippen LogP contribution < -0.4 is 4.74 Å². The zero-order valence-corrected chi connectivity index (χ0v) is 16.5. The van der Waals surface area contributed by atoms with Crippen molar-refractivity contribution in [3.8, 4) is 5.75 Å². The Bertz CT molecular complexity index is 924. The fourth-order valence-electron chi connectivity index (χ4n) is 4.13. The first-order chi connectivity index (χ1) is 13.7. The van der Waals surface area contributed by atoms with Crippen molar-refractivity contribution in [2.24, 2.45) is 5.92 Å². The first-order valence-electron chi connectivity index (χ1n) is 10.2. The molecule has 4 rings (SSSR count). The second-order valence-electron chi connectivity index (χ2n) is 7.80. The molecule has 28 heavy (non-hydrogen) atoms. The number of Topliss-reactive ketones (excluding diaryl/α,β-unsaturated/α-hetero) is 1. The lowest BCUT2D eigenvalue weighted by Crippen LogP contribution is -2.33. The summed E-state index contributed by atoms with van der Waals surface area (Å²) in [5.41, 5.74) is 3.05. The Kier molecular flexibility index (Phi) is 5.77. The monoisotopic (exact) mass is 376 g/mol. The van der Waals surface area contributed by atoms with E-state index in [1.165, 1.54) is 18.4 Å². The molecule has 4 nitrogen and oxygen atoms in total. The maximum atomic E-state index is 12.6. The molecule has 1 N–H and O–H groups in total. The largest absolute Gasteiger partial charge is 0.497 e. The highest BCUT2D eigenvalue weighted by Crippen LogP contribution is 2.25. The molecule has 3 aromatic rings. The molecule has 2 heterocycles. The van der Waals surface area contributed by atoms with E-state index in [-0.39, 0.29) is 5.78 Å². The topological polar surface area (TPSA) is 45.3 Å². The van der Waals surface area contributed by atoms with Gasteiger partial charge in [0.2, 0.25) is 0 Å². The van der Waals surface area contributed by atoms with E-state index in [9.17, 15) is 4.79 Å². The fourth-order valence-corrected chi connectivity index (χ4v) is 4.13. The summed E-state index contributed by atoms with van der Waals surface area (Å²) in [7, 11) is 1.65. The van der Waals surface area contributed by atoms with Gasteiger partial charge in [0.05, 0.1) is 12.8 Å². The van der Waals surface area contributed by atoms with Crippen LogP contribution in [0.5, 0.6) is 5.75 Å². The Balaban J connectivity index is 1.26. The van der Waals surface area contributed by atoms with Crippen LogP contribution in [-0.4, -0.2) is 35.9 Å². The summed E-state index contributed by atoms with van der Waals surface area (Å²) in [6.07, 6.45) is 3.97. The molecule has 0 unspecified atom stereocenters. The van der Waals surface area contributed by atoms with Crippen molar-refractivity contribution in [2.45, 2.75) is 32.2 Å². The number of ether oxygens (including phenoxy) is 1. The Hall–Kier alpha value is -2.59. The smallest absolute Gasteiger partial charge is 0.179 e. The van der Waals surface area contributed by atoms with Crippen LogP contribution in [0.1, 0.15) is 41.7 Å². The molecule has 1 fully saturated rings. The van der Waals surface area contributed by atoms with E-state index in [1.807, 2.05) is 24.3 Å². The van der Waals surface area contributed by atoms with Gasteiger partial charge in [-0.2, -0.15) is 0 Å². The van der Waals surface area contributed by atoms with Gasteiger partial charge in [0, 0.05) is 29.9 Å². The van der Waals surface area contributed by atoms with Crippen LogP contribution in [-0.2, 0) is 6.54 Å². The third kappa shape index (κ3) is 4.45. The van der Waals surface area contributed by atoms with Gasteiger partial charge in [-0.3, -0.25) is 9.69 Å². The molecule has 1 saturated heterocycles. The number of nitrogens with one attached hydrogen (secondary N) is 1. The van der Waals surface area contributed by atoms with Crippen LogP contribution in [0.4, 0.5) is 0 Å². The van der Waals surface area contributed by atoms with E-state index in [0.29, 0.717) is 18.0 Å². The normalized spacial score (nSPS) is 15.8. The van der Waals surface area contributed by atoms with Crippen LogP contribution in [0.25, 0.3) is 10.9 Å². The van der Waals surface area contributed by atoms with Gasteiger partial charge in [-0.25, -0.2) is 0 Å². The van der Waals surface area contributed by atoms with Crippen LogP contribution in [0.15, 0.2) is 54.6 Å². The van der Waals surface area contributed by atoms with Gasteiger partial charge in [-0.05, 0) is 62.0 Å². The van der Waals surface area contributed by atoms with Gasteiger partial charge in [-0.15, -0.1) is 0 Å². The number of H-pyrrole nitrogens is 1. The van der Waals surface area contributed by atoms with Crippen LogP contribution in [0, 0.1) is 5.92 Å². The van der Waals surface area contributed by atoms with Crippen LogP contribution in [0.2, 0.25) is 0 Å². The molecule has 2 aromatic carbocycles. The molecule has 146 valence electrons. The number of aromatic nitrogens is 1. The molecule has 0 atom stereocenters. The maximum Gasteiger partial charge on any atom is 0.179 e. The summed E-state index contributed by atoms with van der Waals surface area (Å²) in [4.78, 5) is 18.4. The molecule has 0 amide bonds. The van der Waals surface area contributed by atoms with E-state index < -0.39 is 0 Å². The summed E-state index contributed by atoms with van der Waals surface area (Å²) in [6, 6.07) is 18.5. The molecule has 0 spiro atoms. The number of hydrogen-bond donors (Lipinski definition) is 1. The average Bonchev–Trinajstić information content (AvgIpc) is 3.17. The second-order valence-corrected chi connectivity index (χ2v) is 7.80. The highest BCUT2D eigenvalue weighted by atomic mass is 16.5. The van der Waals surface area contributed by atoms with Crippen LogP contribution >= 0.6 is 0 Å². The lowest BCUT2D eigenvalue weighted by atomic mass is 9.91. The SMILES string of the molecule is COc1ccc2cc(C(=O)CCC3CCN(Cc4ccccc4)CC3)[nH]c2c1. The third-order valence-corrected chi connectivity index (χ3v) is 5.87. The molecule has 4 heteroatoms. The predicted octanol–water partition coefficient (Wildman–Crippen LogP) is 5.05. The molecule has 0 radical (unpaired) electrons. The number of rotatable bonds is 7. The van der Waals surface area contributed by atoms with Crippen molar-refractivity contribution in [3.05, 3.63) is 65.9 Å². The zero-order chi connectivity index (χ0) is 19.3. The lowest BCUT2D eigenvalue weighted by molar-refractivity contribution is 0.0957. The number of aromatic amines is 1. The number of benzene rings is 2. The predicted molar refractivity (Wildman–Crippen MR) is 113 cm³/mol. The second kappa shape index (κ2) is 8.61. The minimum atomic E-state index is 0.210. The Labute approximate surface area is 166 Å². The third-order valence-electron chi connectivity index (χ3n) is 5.87. The van der Waals surface area contributed by atoms with Crippen molar-refractivity contribution >= 4 is 16.7 Å². The summed E-state index contributed by atoms with van der Waals surface area (Å²) in [6.45, 7) is 3.28. The Morgan fingerprint density at radius 2 is 1.89 bits per heavy atom. The summed E-state index contributed by atoms with van der Waals surface area (Å²) in [5.74, 6) is 1.66. The number of piperidine rings is 1. The van der Waals surface area contributed by atoms with Crippen molar-refractivity contribution in [1.82, 2.24) is 9.88 Å². The van der Waals surface area contributed by atoms with Crippen molar-refractivity contribution in [1.29, 1.82) is 0 Å². The molecular weight excluding hydrogens is 348 g/mol. The molecule has 0 bridgehead atoms. The van der Waals surface area contributed by atoms with E-state index in [1.54, 1.807) is 7.11 Å². The number of likely N-dealkylation sites (tertiary alicyclic amines) is 1. The highest BCUT2D eigenvalue weighted by Gasteiger charge is 2.20. The number of carbonyl (C=O) groups excluding carboxylic acids is 1. The van der Waals surface area contributed by atoms with Crippen molar-refractivity contribution < 1.29 is 9.53 Å². The van der Waals surface area contributed by atoms with Gasteiger partial charge in [0.1, 0.15) is 5.75 Å². The average molecular weight is 377 g/mol. The molecule has 0 saturated carbocycles. The molecule has 1 aliphatic heterocycles. The van der Waals surface area contributed by atoms with Gasteiger partial charge in [0.15, 0.2) is 5.78 Å². The molecule has 1 aromatic heterocycles. The van der Waals surface area contributed by atoms with Gasteiger partial charge in [0.25, 0.3) is 0 Å². The van der Waals surface area contributed by atoms with E-state index >= 15 is 0 Å². The number of carbonyl (C=O) groups is 1. The molecular formula is C24H28N2O2. The van der Waals surface area contributed by atoms with E-state index in [0.717, 1.165) is 42.7 Å². The number of nitrogens with zero attached hydrogens (tertiary/aromatic N) is 1. The Morgan fingerprint density at radius 3 is 2.64 bits per heavy atom. The first kappa shape index (κ1) is 18.8. The fraction of sp³-hybridized carbons (Fsp3) is 0.375. The van der Waals surface area contributed by atoms with E-state index in [4.69, 9.17) is 4.74 Å². The molecule has 1 aliphatic rings. The van der Waals surface area contributed by atoms with Crippen molar-refractivity contribution in [3.63, 3.8) is 0 Å². The summed E-state index contributed by atoms with van der Waals surface area (Å²) >= 11 is 0. The number of methoxy groups -OCH3 is 1. The number of fused-ring (bicyclic) bond motifs is 1. The number of ketones is 1. The van der Waals surface area contributed by atoms with E-state index in [2.05, 4.69) is 40.2 Å². The molecule has 0 aliphatic carbocycles. The number of hydrogen-bond acceptors (Lipinski definition) is 3. The quantitative estimate of drug-likeness (QED) is 0.587. The zero-order valence-electron chi connectivity index (χ0n) is 16.5. The van der Waals surface area contributed by atoms with Gasteiger partial charge in [-0.1, -0.05) is 30.3 Å². The minimum absolute atomic E-state index is 0.210.